The molecule has 2 aromatic rings. The van der Waals surface area contributed by atoms with Gasteiger partial charge in [0.2, 0.25) is 0 Å². The second-order valence-corrected chi connectivity index (χ2v) is 7.06. The Balaban J connectivity index is 1.73. The van der Waals surface area contributed by atoms with Gasteiger partial charge in [0.05, 0.1) is 11.5 Å². The Hall–Kier alpha value is -2.25. The van der Waals surface area contributed by atoms with Crippen molar-refractivity contribution in [2.24, 2.45) is 5.92 Å². The number of amides is 1. The van der Waals surface area contributed by atoms with Crippen molar-refractivity contribution in [3.8, 4) is 0 Å². The molecule has 6 nitrogen and oxygen atoms in total. The number of carbonyl (C=O) groups excluding carboxylic acids is 1. The predicted molar refractivity (Wildman–Crippen MR) is 91.1 cm³/mol. The Morgan fingerprint density at radius 3 is 2.75 bits per heavy atom. The number of benzene rings is 1. The average Bonchev–Trinajstić information content (AvgIpc) is 3.27. The van der Waals surface area contributed by atoms with E-state index in [1.165, 1.54) is 29.5 Å². The molecule has 0 radical (unpaired) electrons. The summed E-state index contributed by atoms with van der Waals surface area (Å²) in [4.78, 5) is 23.6. The second kappa shape index (κ2) is 6.33. The van der Waals surface area contributed by atoms with Crippen LogP contribution in [0.4, 0.5) is 5.69 Å². The molecule has 1 fully saturated rings. The third-order valence-corrected chi connectivity index (χ3v) is 5.41. The highest BCUT2D eigenvalue weighted by Gasteiger charge is 2.46. The van der Waals surface area contributed by atoms with Crippen LogP contribution < -0.4 is 5.32 Å². The maximum atomic E-state index is 12.3. The standard InChI is InChI=1S/C17H18N2O4S/c1-11-9-12(4-7-14(11)19(22)23)16(20)18-10-17(21,13-5-6-13)15-3-2-8-24-15/h2-4,7-9,13,21H,5-6,10H2,1H3,(H,18,20). The molecule has 2 N–H and O–H groups in total. The Labute approximate surface area is 143 Å². The van der Waals surface area contributed by atoms with Crippen LogP contribution in [0, 0.1) is 23.0 Å². The van der Waals surface area contributed by atoms with E-state index in [1.54, 1.807) is 6.92 Å². The van der Waals surface area contributed by atoms with Gasteiger partial charge in [-0.25, -0.2) is 0 Å². The first-order valence-electron chi connectivity index (χ1n) is 7.71. The minimum atomic E-state index is -1.04. The van der Waals surface area contributed by atoms with Crippen LogP contribution in [0.25, 0.3) is 0 Å². The highest BCUT2D eigenvalue weighted by molar-refractivity contribution is 7.10. The van der Waals surface area contributed by atoms with Gasteiger partial charge in [-0.3, -0.25) is 14.9 Å². The molecule has 1 amide bonds. The summed E-state index contributed by atoms with van der Waals surface area (Å²) in [6, 6.07) is 8.02. The molecule has 1 aliphatic carbocycles. The van der Waals surface area contributed by atoms with Crippen molar-refractivity contribution in [1.82, 2.24) is 5.32 Å². The highest BCUT2D eigenvalue weighted by Crippen LogP contribution is 2.46. The van der Waals surface area contributed by atoms with E-state index in [0.29, 0.717) is 11.1 Å². The summed E-state index contributed by atoms with van der Waals surface area (Å²) in [5.41, 5.74) is -0.273. The number of aliphatic hydroxyl groups is 1. The molecular formula is C17H18N2O4S. The lowest BCUT2D eigenvalue weighted by atomic mass is 9.95. The normalized spacial score (nSPS) is 16.4. The number of nitrogens with one attached hydrogen (secondary N) is 1. The van der Waals surface area contributed by atoms with Crippen LogP contribution in [0.5, 0.6) is 0 Å². The Kier molecular flexibility index (Phi) is 4.38. The highest BCUT2D eigenvalue weighted by atomic mass is 32.1. The molecule has 1 heterocycles. The third-order valence-electron chi connectivity index (χ3n) is 4.37. The second-order valence-electron chi connectivity index (χ2n) is 6.12. The largest absolute Gasteiger partial charge is 0.382 e. The van der Waals surface area contributed by atoms with E-state index in [2.05, 4.69) is 5.32 Å². The number of nitro groups is 1. The predicted octanol–water partition coefficient (Wildman–Crippen LogP) is 2.99. The van der Waals surface area contributed by atoms with Crippen molar-refractivity contribution < 1.29 is 14.8 Å². The van der Waals surface area contributed by atoms with Gasteiger partial charge in [0.1, 0.15) is 5.60 Å². The summed E-state index contributed by atoms with van der Waals surface area (Å²) < 4.78 is 0. The molecule has 1 aromatic carbocycles. The summed E-state index contributed by atoms with van der Waals surface area (Å²) >= 11 is 1.48. The van der Waals surface area contributed by atoms with Crippen molar-refractivity contribution >= 4 is 22.9 Å². The first kappa shape index (κ1) is 16.6. The van der Waals surface area contributed by atoms with E-state index in [4.69, 9.17) is 0 Å². The summed E-state index contributed by atoms with van der Waals surface area (Å²) in [7, 11) is 0. The zero-order chi connectivity index (χ0) is 17.3. The van der Waals surface area contributed by atoms with E-state index in [-0.39, 0.29) is 24.1 Å². The molecule has 0 saturated heterocycles. The summed E-state index contributed by atoms with van der Waals surface area (Å²) in [6.07, 6.45) is 1.89. The van der Waals surface area contributed by atoms with Gasteiger partial charge in [-0.15, -0.1) is 11.3 Å². The molecule has 1 unspecified atom stereocenters. The van der Waals surface area contributed by atoms with Gasteiger partial charge in [0.25, 0.3) is 11.6 Å². The van der Waals surface area contributed by atoms with Crippen LogP contribution in [0.2, 0.25) is 0 Å². The van der Waals surface area contributed by atoms with Gasteiger partial charge in [-0.2, -0.15) is 0 Å². The number of nitro benzene ring substituents is 1. The summed E-state index contributed by atoms with van der Waals surface area (Å²) in [6.45, 7) is 1.73. The fraction of sp³-hybridized carbons (Fsp3) is 0.353. The maximum Gasteiger partial charge on any atom is 0.272 e. The molecule has 0 bridgehead atoms. The minimum absolute atomic E-state index is 0.0142. The summed E-state index contributed by atoms with van der Waals surface area (Å²) in [5, 5.41) is 26.5. The van der Waals surface area contributed by atoms with Crippen LogP contribution in [0.15, 0.2) is 35.7 Å². The zero-order valence-electron chi connectivity index (χ0n) is 13.2. The minimum Gasteiger partial charge on any atom is -0.382 e. The molecule has 0 aliphatic heterocycles. The van der Waals surface area contributed by atoms with Crippen molar-refractivity contribution in [3.05, 3.63) is 61.8 Å². The first-order chi connectivity index (χ1) is 11.4. The van der Waals surface area contributed by atoms with E-state index in [0.717, 1.165) is 17.7 Å². The fourth-order valence-electron chi connectivity index (χ4n) is 2.84. The molecule has 1 aromatic heterocycles. The molecule has 7 heteroatoms. The van der Waals surface area contributed by atoms with Crippen LogP contribution >= 0.6 is 11.3 Å². The van der Waals surface area contributed by atoms with E-state index in [9.17, 15) is 20.0 Å². The zero-order valence-corrected chi connectivity index (χ0v) is 14.0. The topological polar surface area (TPSA) is 92.5 Å². The smallest absolute Gasteiger partial charge is 0.272 e. The van der Waals surface area contributed by atoms with Gasteiger partial charge in [0.15, 0.2) is 0 Å². The molecule has 3 rings (SSSR count). The number of hydrogen-bond donors (Lipinski definition) is 2. The molecule has 1 atom stereocenters. The van der Waals surface area contributed by atoms with Gasteiger partial charge in [0, 0.05) is 22.1 Å². The SMILES string of the molecule is Cc1cc(C(=O)NCC(O)(c2cccs2)C2CC2)ccc1[N+](=O)[O-]. The third kappa shape index (κ3) is 3.18. The lowest BCUT2D eigenvalue weighted by Gasteiger charge is -2.27. The quantitative estimate of drug-likeness (QED) is 0.621. The van der Waals surface area contributed by atoms with Crippen molar-refractivity contribution in [2.45, 2.75) is 25.4 Å². The molecule has 24 heavy (non-hydrogen) atoms. The molecule has 126 valence electrons. The molecular weight excluding hydrogens is 328 g/mol. The van der Waals surface area contributed by atoms with Gasteiger partial charge < -0.3 is 10.4 Å². The van der Waals surface area contributed by atoms with Gasteiger partial charge >= 0.3 is 0 Å². The molecule has 1 saturated carbocycles. The molecule has 0 spiro atoms. The first-order valence-corrected chi connectivity index (χ1v) is 8.59. The number of hydrogen-bond acceptors (Lipinski definition) is 5. The summed E-state index contributed by atoms with van der Waals surface area (Å²) in [5.74, 6) is -0.182. The van der Waals surface area contributed by atoms with E-state index in [1.807, 2.05) is 17.5 Å². The monoisotopic (exact) mass is 346 g/mol. The van der Waals surface area contributed by atoms with Crippen molar-refractivity contribution in [2.75, 3.05) is 6.54 Å². The number of thiophene rings is 1. The van der Waals surface area contributed by atoms with Crippen molar-refractivity contribution in [1.29, 1.82) is 0 Å². The average molecular weight is 346 g/mol. The van der Waals surface area contributed by atoms with E-state index >= 15 is 0 Å². The Morgan fingerprint density at radius 2 is 2.21 bits per heavy atom. The van der Waals surface area contributed by atoms with Gasteiger partial charge in [-0.05, 0) is 49.3 Å². The number of aryl methyl sites for hydroxylation is 1. The number of nitrogens with zero attached hydrogens (tertiary/aromatic N) is 1. The Morgan fingerprint density at radius 1 is 1.46 bits per heavy atom. The number of rotatable bonds is 6. The van der Waals surface area contributed by atoms with Crippen LogP contribution in [-0.2, 0) is 5.60 Å². The van der Waals surface area contributed by atoms with Crippen LogP contribution in [-0.4, -0.2) is 22.5 Å². The van der Waals surface area contributed by atoms with Crippen molar-refractivity contribution in [3.63, 3.8) is 0 Å². The van der Waals surface area contributed by atoms with E-state index < -0.39 is 10.5 Å². The maximum absolute atomic E-state index is 12.3. The Bertz CT molecular complexity index is 771. The van der Waals surface area contributed by atoms with Crippen LogP contribution in [0.3, 0.4) is 0 Å². The lowest BCUT2D eigenvalue weighted by Crippen LogP contribution is -2.42. The lowest BCUT2D eigenvalue weighted by molar-refractivity contribution is -0.385. The van der Waals surface area contributed by atoms with Gasteiger partial charge in [-0.1, -0.05) is 6.07 Å². The fourth-order valence-corrected chi connectivity index (χ4v) is 3.74. The van der Waals surface area contributed by atoms with Crippen LogP contribution in [0.1, 0.15) is 33.6 Å². The molecule has 1 aliphatic rings. The number of carbonyl (C=O) groups is 1.